The van der Waals surface area contributed by atoms with Crippen LogP contribution in [-0.2, 0) is 16.1 Å². The van der Waals surface area contributed by atoms with Gasteiger partial charge in [-0.05, 0) is 29.5 Å². The molecule has 2 heterocycles. The first-order valence-electron chi connectivity index (χ1n) is 8.33. The van der Waals surface area contributed by atoms with Gasteiger partial charge in [0, 0.05) is 29.6 Å². The number of aliphatic hydroxyl groups is 1. The Morgan fingerprint density at radius 1 is 1.31 bits per heavy atom. The molecule has 29 heavy (non-hydrogen) atoms. The normalized spacial score (nSPS) is 12.7. The number of pyridine rings is 1. The van der Waals surface area contributed by atoms with Crippen LogP contribution in [-0.4, -0.2) is 59.3 Å². The Morgan fingerprint density at radius 3 is 2.69 bits per heavy atom. The number of tetrazole rings is 1. The molecule has 2 aromatic heterocycles. The zero-order chi connectivity index (χ0) is 21.0. The Morgan fingerprint density at radius 2 is 2.10 bits per heavy atom. The number of hydrogen-bond donors (Lipinski definition) is 4. The minimum atomic E-state index is -4.65. The number of nitrogens with zero attached hydrogens (tertiary/aromatic N) is 5. The van der Waals surface area contributed by atoms with Crippen molar-refractivity contribution in [1.82, 2.24) is 25.2 Å². The van der Waals surface area contributed by atoms with E-state index in [1.165, 1.54) is 17.1 Å². The van der Waals surface area contributed by atoms with Crippen molar-refractivity contribution in [1.29, 1.82) is 0 Å². The minimum absolute atomic E-state index is 0.0832. The third kappa shape index (κ3) is 5.86. The summed E-state index contributed by atoms with van der Waals surface area (Å²) in [6.45, 7) is -0.642. The van der Waals surface area contributed by atoms with Gasteiger partial charge in [0.15, 0.2) is 0 Å². The van der Waals surface area contributed by atoms with Crippen molar-refractivity contribution in [2.75, 3.05) is 18.5 Å². The summed E-state index contributed by atoms with van der Waals surface area (Å²) in [5.74, 6) is -0.150. The molecule has 1 unspecified atom stereocenters. The summed E-state index contributed by atoms with van der Waals surface area (Å²) in [4.78, 5) is 22.7. The summed E-state index contributed by atoms with van der Waals surface area (Å²) >= 11 is 0. The van der Waals surface area contributed by atoms with Crippen LogP contribution in [0.5, 0.6) is 0 Å². The highest BCUT2D eigenvalue weighted by atomic mass is 31.2. The number of halogens is 1. The zero-order valence-corrected chi connectivity index (χ0v) is 16.1. The number of aliphatic hydroxyl groups excluding tert-OH is 1. The largest absolute Gasteiger partial charge is 0.469 e. The number of rotatable bonds is 8. The van der Waals surface area contributed by atoms with E-state index in [1.807, 2.05) is 0 Å². The quantitative estimate of drug-likeness (QED) is 0.384. The Hall–Kier alpha value is -2.76. The number of phosphoric ester groups is 1. The van der Waals surface area contributed by atoms with Gasteiger partial charge in [0.25, 0.3) is 0 Å². The average molecular weight is 424 g/mol. The van der Waals surface area contributed by atoms with Crippen molar-refractivity contribution < 1.29 is 28.4 Å². The van der Waals surface area contributed by atoms with E-state index >= 15 is 0 Å². The number of nitrogens with one attached hydrogen (secondary N) is 1. The molecule has 11 nitrogen and oxygen atoms in total. The molecular formula is C16H18FN6O5P. The lowest BCUT2D eigenvalue weighted by Gasteiger charge is -2.14. The number of benzene rings is 1. The molecule has 1 atom stereocenters. The summed E-state index contributed by atoms with van der Waals surface area (Å²) < 4.78 is 29.3. The van der Waals surface area contributed by atoms with Gasteiger partial charge >= 0.3 is 7.82 Å². The lowest BCUT2D eigenvalue weighted by atomic mass is 10.1. The predicted molar refractivity (Wildman–Crippen MR) is 99.9 cm³/mol. The van der Waals surface area contributed by atoms with Crippen LogP contribution in [0.3, 0.4) is 0 Å². The third-order valence-corrected chi connectivity index (χ3v) is 4.24. The number of phosphoric acid groups is 1. The van der Waals surface area contributed by atoms with E-state index in [0.29, 0.717) is 28.3 Å². The molecule has 13 heteroatoms. The van der Waals surface area contributed by atoms with Gasteiger partial charge in [-0.25, -0.2) is 8.96 Å². The Kier molecular flexibility index (Phi) is 6.30. The summed E-state index contributed by atoms with van der Waals surface area (Å²) in [6.07, 6.45) is 0.317. The van der Waals surface area contributed by atoms with E-state index in [-0.39, 0.29) is 6.54 Å². The Labute approximate surface area is 164 Å². The molecule has 3 aromatic rings. The van der Waals surface area contributed by atoms with Crippen molar-refractivity contribution in [2.24, 2.45) is 7.05 Å². The van der Waals surface area contributed by atoms with Crippen LogP contribution in [0.15, 0.2) is 36.5 Å². The molecular weight excluding hydrogens is 406 g/mol. The van der Waals surface area contributed by atoms with Gasteiger partial charge in [0.2, 0.25) is 5.82 Å². The molecule has 0 aliphatic carbocycles. The summed E-state index contributed by atoms with van der Waals surface area (Å²) in [5.41, 5.74) is 1.77. The molecule has 0 amide bonds. The standard InChI is InChI=1S/C16H18FN6O5P/c1-23-21-16(20-22-23)15-5-2-10(7-19-15)13-4-3-11(6-14(13)17)18-8-12(24)9-28-29(25,26)27/h2-7,12,18,24H,8-9H2,1H3,(H2,25,26,27). The highest BCUT2D eigenvalue weighted by Gasteiger charge is 2.17. The SMILES string of the molecule is Cn1nnc(-c2ccc(-c3ccc(NCC(O)COP(=O)(O)O)cc3F)cn2)n1. The lowest BCUT2D eigenvalue weighted by molar-refractivity contribution is 0.0930. The molecule has 0 fully saturated rings. The summed E-state index contributed by atoms with van der Waals surface area (Å²) in [5, 5.41) is 24.1. The van der Waals surface area contributed by atoms with Gasteiger partial charge < -0.3 is 20.2 Å². The van der Waals surface area contributed by atoms with Crippen LogP contribution in [0, 0.1) is 5.82 Å². The van der Waals surface area contributed by atoms with E-state index in [1.54, 1.807) is 31.3 Å². The van der Waals surface area contributed by atoms with Crippen LogP contribution >= 0.6 is 7.82 Å². The van der Waals surface area contributed by atoms with E-state index < -0.39 is 26.4 Å². The smallest absolute Gasteiger partial charge is 0.389 e. The molecule has 0 saturated heterocycles. The summed E-state index contributed by atoms with van der Waals surface area (Å²) in [7, 11) is -3.01. The maximum absolute atomic E-state index is 14.5. The second kappa shape index (κ2) is 8.72. The molecule has 1 aromatic carbocycles. The second-order valence-corrected chi connectivity index (χ2v) is 7.29. The minimum Gasteiger partial charge on any atom is -0.389 e. The van der Waals surface area contributed by atoms with Crippen molar-refractivity contribution in [3.63, 3.8) is 0 Å². The topological polar surface area (TPSA) is 156 Å². The van der Waals surface area contributed by atoms with Crippen LogP contribution in [0.4, 0.5) is 10.1 Å². The number of hydrogen-bond acceptors (Lipinski definition) is 8. The van der Waals surface area contributed by atoms with Crippen molar-refractivity contribution in [2.45, 2.75) is 6.10 Å². The van der Waals surface area contributed by atoms with E-state index in [0.717, 1.165) is 0 Å². The molecule has 0 saturated carbocycles. The Bertz CT molecular complexity index is 1020. The van der Waals surface area contributed by atoms with E-state index in [9.17, 15) is 14.1 Å². The molecule has 0 aliphatic heterocycles. The zero-order valence-electron chi connectivity index (χ0n) is 15.2. The fourth-order valence-electron chi connectivity index (χ4n) is 2.41. The Balaban J connectivity index is 1.64. The second-order valence-electron chi connectivity index (χ2n) is 6.05. The first-order valence-corrected chi connectivity index (χ1v) is 9.86. The third-order valence-electron chi connectivity index (χ3n) is 3.76. The van der Waals surface area contributed by atoms with Gasteiger partial charge in [-0.2, -0.15) is 4.80 Å². The fraction of sp³-hybridized carbons (Fsp3) is 0.250. The van der Waals surface area contributed by atoms with Crippen LogP contribution in [0.2, 0.25) is 0 Å². The van der Waals surface area contributed by atoms with Gasteiger partial charge in [0.05, 0.1) is 19.8 Å². The number of aromatic nitrogens is 5. The fourth-order valence-corrected chi connectivity index (χ4v) is 2.78. The number of anilines is 1. The molecule has 3 rings (SSSR count). The monoisotopic (exact) mass is 424 g/mol. The number of aryl methyl sites for hydroxylation is 1. The van der Waals surface area contributed by atoms with Crippen LogP contribution < -0.4 is 5.32 Å². The molecule has 0 aliphatic rings. The van der Waals surface area contributed by atoms with Gasteiger partial charge in [0.1, 0.15) is 11.5 Å². The van der Waals surface area contributed by atoms with Gasteiger partial charge in [-0.3, -0.25) is 9.51 Å². The predicted octanol–water partition coefficient (Wildman–Crippen LogP) is 0.960. The van der Waals surface area contributed by atoms with E-state index in [4.69, 9.17) is 9.79 Å². The lowest BCUT2D eigenvalue weighted by Crippen LogP contribution is -2.24. The maximum atomic E-state index is 14.5. The molecule has 154 valence electrons. The highest BCUT2D eigenvalue weighted by Crippen LogP contribution is 2.35. The first kappa shape index (κ1) is 21.0. The molecule has 0 radical (unpaired) electrons. The molecule has 0 spiro atoms. The summed E-state index contributed by atoms with van der Waals surface area (Å²) in [6, 6.07) is 7.74. The molecule has 4 N–H and O–H groups in total. The highest BCUT2D eigenvalue weighted by molar-refractivity contribution is 7.46. The molecule has 0 bridgehead atoms. The van der Waals surface area contributed by atoms with Crippen LogP contribution in [0.1, 0.15) is 0 Å². The average Bonchev–Trinajstić information content (AvgIpc) is 3.11. The van der Waals surface area contributed by atoms with Crippen molar-refractivity contribution in [3.8, 4) is 22.6 Å². The first-order chi connectivity index (χ1) is 13.7. The van der Waals surface area contributed by atoms with Crippen molar-refractivity contribution >= 4 is 13.5 Å². The van der Waals surface area contributed by atoms with Gasteiger partial charge in [-0.1, -0.05) is 6.07 Å². The van der Waals surface area contributed by atoms with E-state index in [2.05, 4.69) is 30.2 Å². The van der Waals surface area contributed by atoms with Crippen LogP contribution in [0.25, 0.3) is 22.6 Å². The van der Waals surface area contributed by atoms with Crippen molar-refractivity contribution in [3.05, 3.63) is 42.3 Å². The van der Waals surface area contributed by atoms with Gasteiger partial charge in [-0.15, -0.1) is 10.2 Å². The maximum Gasteiger partial charge on any atom is 0.469 e.